The molecule has 0 aliphatic carbocycles. The smallest absolute Gasteiger partial charge is 0.133 e. The summed E-state index contributed by atoms with van der Waals surface area (Å²) in [5.74, 6) is 0. The number of aromatic amines is 1. The summed E-state index contributed by atoms with van der Waals surface area (Å²) in [6.07, 6.45) is 6.22. The fourth-order valence-corrected chi connectivity index (χ4v) is 3.59. The van der Waals surface area contributed by atoms with E-state index < -0.39 is 0 Å². The zero-order valence-electron chi connectivity index (χ0n) is 14.0. The van der Waals surface area contributed by atoms with Crippen molar-refractivity contribution in [3.05, 3.63) is 59.0 Å². The number of fused-ring (bicyclic) bond motifs is 1. The van der Waals surface area contributed by atoms with E-state index in [2.05, 4.69) is 44.3 Å². The van der Waals surface area contributed by atoms with Gasteiger partial charge in [-0.25, -0.2) is 0 Å². The third-order valence-corrected chi connectivity index (χ3v) is 4.91. The molecule has 3 heterocycles. The van der Waals surface area contributed by atoms with Gasteiger partial charge in [0.05, 0.1) is 11.5 Å². The highest BCUT2D eigenvalue weighted by Gasteiger charge is 2.21. The van der Waals surface area contributed by atoms with Crippen molar-refractivity contribution in [3.63, 3.8) is 0 Å². The maximum atomic E-state index is 6.16. The third kappa shape index (κ3) is 3.84. The molecule has 4 rings (SSSR count). The Morgan fingerprint density at radius 1 is 1.20 bits per heavy atom. The van der Waals surface area contributed by atoms with Crippen LogP contribution in [0.15, 0.2) is 42.7 Å². The van der Waals surface area contributed by atoms with E-state index in [0.29, 0.717) is 11.3 Å². The van der Waals surface area contributed by atoms with Crippen LogP contribution in [0.4, 0.5) is 0 Å². The van der Waals surface area contributed by atoms with Gasteiger partial charge in [-0.1, -0.05) is 41.9 Å². The summed E-state index contributed by atoms with van der Waals surface area (Å²) < 4.78 is 5.85. The zero-order chi connectivity index (χ0) is 17.1. The van der Waals surface area contributed by atoms with Gasteiger partial charge in [-0.15, -0.1) is 0 Å². The number of benzene rings is 1. The van der Waals surface area contributed by atoms with Crippen LogP contribution in [0.3, 0.4) is 0 Å². The zero-order valence-corrected chi connectivity index (χ0v) is 14.7. The Morgan fingerprint density at radius 3 is 2.88 bits per heavy atom. The quantitative estimate of drug-likeness (QED) is 0.730. The molecule has 25 heavy (non-hydrogen) atoms. The Labute approximate surface area is 152 Å². The van der Waals surface area contributed by atoms with Gasteiger partial charge in [0.1, 0.15) is 10.7 Å². The average molecular weight is 357 g/mol. The number of ether oxygens (including phenoxy) is 1. The van der Waals surface area contributed by atoms with Crippen LogP contribution >= 0.6 is 11.6 Å². The van der Waals surface area contributed by atoms with Crippen molar-refractivity contribution in [1.82, 2.24) is 20.1 Å². The Hall–Kier alpha value is -1.95. The van der Waals surface area contributed by atoms with Crippen LogP contribution in [0, 0.1) is 0 Å². The first kappa shape index (κ1) is 16.5. The molecule has 1 aliphatic rings. The summed E-state index contributed by atoms with van der Waals surface area (Å²) in [7, 11) is 0. The van der Waals surface area contributed by atoms with Crippen molar-refractivity contribution in [1.29, 1.82) is 0 Å². The maximum absolute atomic E-state index is 6.16. The van der Waals surface area contributed by atoms with Crippen LogP contribution in [-0.4, -0.2) is 39.3 Å². The summed E-state index contributed by atoms with van der Waals surface area (Å²) in [6, 6.07) is 10.5. The molecule has 1 atom stereocenters. The van der Waals surface area contributed by atoms with Gasteiger partial charge in [0.2, 0.25) is 0 Å². The fraction of sp³-hybridized carbons (Fsp3) is 0.368. The first-order valence-electron chi connectivity index (χ1n) is 8.64. The molecule has 3 aromatic rings. The number of aromatic nitrogens is 3. The number of rotatable bonds is 6. The average Bonchev–Trinajstić information content (AvgIpc) is 3.27. The maximum Gasteiger partial charge on any atom is 0.133 e. The number of halogens is 1. The number of H-pyrrole nitrogens is 1. The molecule has 1 unspecified atom stereocenters. The molecule has 1 aliphatic heterocycles. The van der Waals surface area contributed by atoms with Gasteiger partial charge in [0.15, 0.2) is 0 Å². The fourth-order valence-electron chi connectivity index (χ4n) is 3.41. The lowest BCUT2D eigenvalue weighted by molar-refractivity contribution is 0.0680. The van der Waals surface area contributed by atoms with Crippen LogP contribution in [0.2, 0.25) is 5.15 Å². The molecule has 1 aromatic carbocycles. The number of hydrogen-bond donors (Lipinski definition) is 1. The monoisotopic (exact) mass is 356 g/mol. The molecule has 0 saturated carbocycles. The topological polar surface area (TPSA) is 54.0 Å². The SMILES string of the molecule is Clc1[nH]nc2c(CN(Cc3ccccc3)CC3CCCO3)cncc12. The predicted octanol–water partition coefficient (Wildman–Crippen LogP) is 3.79. The first-order chi connectivity index (χ1) is 12.3. The standard InChI is InChI=1S/C19H21ClN4O/c20-19-17-10-21-9-15(18(17)22-23-19)12-24(13-16-7-4-8-25-16)11-14-5-2-1-3-6-14/h1-3,5-6,9-10,16H,4,7-8,11-13H2,(H,22,23). The molecule has 5 nitrogen and oxygen atoms in total. The van der Waals surface area contributed by atoms with E-state index >= 15 is 0 Å². The lowest BCUT2D eigenvalue weighted by atomic mass is 10.1. The molecule has 1 saturated heterocycles. The molecule has 0 amide bonds. The second-order valence-electron chi connectivity index (χ2n) is 6.52. The van der Waals surface area contributed by atoms with E-state index in [9.17, 15) is 0 Å². The molecular weight excluding hydrogens is 336 g/mol. The summed E-state index contributed by atoms with van der Waals surface area (Å²) in [4.78, 5) is 6.74. The minimum absolute atomic E-state index is 0.304. The molecule has 6 heteroatoms. The van der Waals surface area contributed by atoms with Crippen molar-refractivity contribution in [2.24, 2.45) is 0 Å². The number of nitrogens with one attached hydrogen (secondary N) is 1. The van der Waals surface area contributed by atoms with Crippen LogP contribution in [0.5, 0.6) is 0 Å². The molecule has 2 aromatic heterocycles. The Bertz CT molecular complexity index is 830. The highest BCUT2D eigenvalue weighted by Crippen LogP contribution is 2.24. The van der Waals surface area contributed by atoms with E-state index in [0.717, 1.165) is 55.5 Å². The second-order valence-corrected chi connectivity index (χ2v) is 6.90. The highest BCUT2D eigenvalue weighted by atomic mass is 35.5. The van der Waals surface area contributed by atoms with Gasteiger partial charge in [0, 0.05) is 44.2 Å². The number of pyridine rings is 1. The molecule has 0 radical (unpaired) electrons. The lowest BCUT2D eigenvalue weighted by Crippen LogP contribution is -2.31. The van der Waals surface area contributed by atoms with Gasteiger partial charge in [-0.3, -0.25) is 15.0 Å². The molecule has 0 bridgehead atoms. The summed E-state index contributed by atoms with van der Waals surface area (Å²) in [5, 5.41) is 8.61. The van der Waals surface area contributed by atoms with Crippen molar-refractivity contribution < 1.29 is 4.74 Å². The van der Waals surface area contributed by atoms with E-state index in [4.69, 9.17) is 16.3 Å². The van der Waals surface area contributed by atoms with E-state index in [1.54, 1.807) is 6.20 Å². The van der Waals surface area contributed by atoms with Gasteiger partial charge in [-0.2, -0.15) is 5.10 Å². The van der Waals surface area contributed by atoms with E-state index in [1.807, 2.05) is 12.3 Å². The van der Waals surface area contributed by atoms with Crippen LogP contribution in [0.25, 0.3) is 10.9 Å². The van der Waals surface area contributed by atoms with Crippen LogP contribution in [-0.2, 0) is 17.8 Å². The Morgan fingerprint density at radius 2 is 2.08 bits per heavy atom. The minimum atomic E-state index is 0.304. The van der Waals surface area contributed by atoms with Gasteiger partial charge < -0.3 is 4.74 Å². The summed E-state index contributed by atoms with van der Waals surface area (Å²) >= 11 is 6.16. The first-order valence-corrected chi connectivity index (χ1v) is 9.02. The van der Waals surface area contributed by atoms with Crippen LogP contribution in [0.1, 0.15) is 24.0 Å². The van der Waals surface area contributed by atoms with Crippen molar-refractivity contribution in [2.45, 2.75) is 32.0 Å². The number of nitrogens with zero attached hydrogens (tertiary/aromatic N) is 3. The Balaban J connectivity index is 1.57. The third-order valence-electron chi connectivity index (χ3n) is 4.62. The second kappa shape index (κ2) is 7.52. The Kier molecular flexibility index (Phi) is 4.97. The molecular formula is C19H21ClN4O. The van der Waals surface area contributed by atoms with Crippen molar-refractivity contribution >= 4 is 22.5 Å². The van der Waals surface area contributed by atoms with Gasteiger partial charge >= 0.3 is 0 Å². The molecule has 0 spiro atoms. The lowest BCUT2D eigenvalue weighted by Gasteiger charge is -2.25. The van der Waals surface area contributed by atoms with E-state index in [-0.39, 0.29) is 0 Å². The molecule has 130 valence electrons. The summed E-state index contributed by atoms with van der Waals surface area (Å²) in [6.45, 7) is 3.41. The van der Waals surface area contributed by atoms with Crippen molar-refractivity contribution in [2.75, 3.05) is 13.2 Å². The molecule has 1 fully saturated rings. The number of hydrogen-bond acceptors (Lipinski definition) is 4. The predicted molar refractivity (Wildman–Crippen MR) is 98.4 cm³/mol. The van der Waals surface area contributed by atoms with Crippen molar-refractivity contribution in [3.8, 4) is 0 Å². The largest absolute Gasteiger partial charge is 0.377 e. The van der Waals surface area contributed by atoms with Gasteiger partial charge in [0.25, 0.3) is 0 Å². The minimum Gasteiger partial charge on any atom is -0.377 e. The normalized spacial score (nSPS) is 17.6. The van der Waals surface area contributed by atoms with E-state index in [1.165, 1.54) is 5.56 Å². The van der Waals surface area contributed by atoms with Gasteiger partial charge in [-0.05, 0) is 18.4 Å². The molecule has 1 N–H and O–H groups in total. The highest BCUT2D eigenvalue weighted by molar-refractivity contribution is 6.34. The van der Waals surface area contributed by atoms with Crippen LogP contribution < -0.4 is 0 Å². The summed E-state index contributed by atoms with van der Waals surface area (Å²) in [5.41, 5.74) is 3.26.